The van der Waals surface area contributed by atoms with Crippen molar-refractivity contribution in [1.29, 1.82) is 0 Å². The highest BCUT2D eigenvalue weighted by Crippen LogP contribution is 2.57. The molecule has 2 heteroatoms. The Bertz CT molecular complexity index is 236. The van der Waals surface area contributed by atoms with Gasteiger partial charge in [-0.1, -0.05) is 19.8 Å². The third kappa shape index (κ3) is 2.15. The first-order valence-electron chi connectivity index (χ1n) is 7.78. The fourth-order valence-corrected chi connectivity index (χ4v) is 5.44. The molecule has 0 amide bonds. The van der Waals surface area contributed by atoms with Gasteiger partial charge in [-0.05, 0) is 68.1 Å². The number of nitrogens with two attached hydrogens (primary N) is 1. The second-order valence-electron chi connectivity index (χ2n) is 6.92. The van der Waals surface area contributed by atoms with Crippen molar-refractivity contribution in [1.82, 2.24) is 5.43 Å². The lowest BCUT2D eigenvalue weighted by molar-refractivity contribution is -0.0532. The van der Waals surface area contributed by atoms with E-state index in [1.807, 2.05) is 0 Å². The zero-order chi connectivity index (χ0) is 11.8. The molecule has 4 saturated carbocycles. The standard InChI is InChI=1S/C15H28N2/c1-2-3-4-14(17-16)15-12-6-10-5-11(8-12)9-13(15)7-10/h10-15,17H,2-9,16H2,1H3. The van der Waals surface area contributed by atoms with Crippen LogP contribution in [0.4, 0.5) is 0 Å². The van der Waals surface area contributed by atoms with Crippen LogP contribution in [0, 0.1) is 29.6 Å². The summed E-state index contributed by atoms with van der Waals surface area (Å²) in [4.78, 5) is 0. The topological polar surface area (TPSA) is 38.0 Å². The molecule has 1 unspecified atom stereocenters. The molecule has 0 aliphatic heterocycles. The largest absolute Gasteiger partial charge is 0.271 e. The van der Waals surface area contributed by atoms with Crippen LogP contribution >= 0.6 is 0 Å². The summed E-state index contributed by atoms with van der Waals surface area (Å²) in [7, 11) is 0. The molecule has 2 nitrogen and oxygen atoms in total. The van der Waals surface area contributed by atoms with Crippen LogP contribution < -0.4 is 11.3 Å². The quantitative estimate of drug-likeness (QED) is 0.568. The van der Waals surface area contributed by atoms with Gasteiger partial charge in [0.1, 0.15) is 0 Å². The summed E-state index contributed by atoms with van der Waals surface area (Å²) in [5.74, 6) is 10.9. The van der Waals surface area contributed by atoms with E-state index in [4.69, 9.17) is 5.84 Å². The third-order valence-electron chi connectivity index (χ3n) is 5.85. The fourth-order valence-electron chi connectivity index (χ4n) is 5.44. The van der Waals surface area contributed by atoms with Crippen LogP contribution in [0.3, 0.4) is 0 Å². The first-order chi connectivity index (χ1) is 8.31. The van der Waals surface area contributed by atoms with Gasteiger partial charge >= 0.3 is 0 Å². The molecule has 0 aromatic carbocycles. The normalized spacial score (nSPS) is 45.2. The lowest BCUT2D eigenvalue weighted by Crippen LogP contribution is -2.54. The molecule has 98 valence electrons. The van der Waals surface area contributed by atoms with Crippen LogP contribution in [0.1, 0.15) is 58.3 Å². The molecule has 1 atom stereocenters. The van der Waals surface area contributed by atoms with Gasteiger partial charge in [-0.25, -0.2) is 0 Å². The van der Waals surface area contributed by atoms with E-state index in [-0.39, 0.29) is 0 Å². The van der Waals surface area contributed by atoms with Gasteiger partial charge < -0.3 is 0 Å². The molecule has 0 aromatic rings. The van der Waals surface area contributed by atoms with E-state index in [0.29, 0.717) is 6.04 Å². The second kappa shape index (κ2) is 4.89. The van der Waals surface area contributed by atoms with E-state index in [1.54, 1.807) is 6.42 Å². The molecular formula is C15H28N2. The molecule has 0 aromatic heterocycles. The second-order valence-corrected chi connectivity index (χ2v) is 6.92. The minimum absolute atomic E-state index is 0.602. The zero-order valence-corrected chi connectivity index (χ0v) is 11.2. The Kier molecular flexibility index (Phi) is 3.45. The Morgan fingerprint density at radius 2 is 1.65 bits per heavy atom. The molecule has 0 saturated heterocycles. The Balaban J connectivity index is 1.69. The summed E-state index contributed by atoms with van der Waals surface area (Å²) in [6.45, 7) is 2.28. The number of hydrogen-bond donors (Lipinski definition) is 2. The van der Waals surface area contributed by atoms with Crippen LogP contribution in [0.2, 0.25) is 0 Å². The van der Waals surface area contributed by atoms with Gasteiger partial charge in [-0.3, -0.25) is 11.3 Å². The maximum atomic E-state index is 5.84. The molecule has 4 bridgehead atoms. The highest BCUT2D eigenvalue weighted by molar-refractivity contribution is 5.01. The number of unbranched alkanes of at least 4 members (excludes halogenated alkanes) is 1. The van der Waals surface area contributed by atoms with Crippen molar-refractivity contribution in [2.75, 3.05) is 0 Å². The van der Waals surface area contributed by atoms with E-state index in [9.17, 15) is 0 Å². The minimum Gasteiger partial charge on any atom is -0.271 e. The fraction of sp³-hybridized carbons (Fsp3) is 1.00. The smallest absolute Gasteiger partial charge is 0.0244 e. The molecule has 4 fully saturated rings. The molecule has 0 heterocycles. The zero-order valence-electron chi connectivity index (χ0n) is 11.2. The summed E-state index contributed by atoms with van der Waals surface area (Å²) >= 11 is 0. The summed E-state index contributed by atoms with van der Waals surface area (Å²) < 4.78 is 0. The molecular weight excluding hydrogens is 208 g/mol. The average Bonchev–Trinajstić information content (AvgIpc) is 2.31. The van der Waals surface area contributed by atoms with Crippen molar-refractivity contribution in [2.45, 2.75) is 64.3 Å². The van der Waals surface area contributed by atoms with Crippen molar-refractivity contribution in [3.8, 4) is 0 Å². The van der Waals surface area contributed by atoms with Gasteiger partial charge in [0.2, 0.25) is 0 Å². The third-order valence-corrected chi connectivity index (χ3v) is 5.85. The monoisotopic (exact) mass is 236 g/mol. The average molecular weight is 236 g/mol. The van der Waals surface area contributed by atoms with Gasteiger partial charge in [0.05, 0.1) is 0 Å². The van der Waals surface area contributed by atoms with E-state index in [1.165, 1.54) is 44.9 Å². The predicted molar refractivity (Wildman–Crippen MR) is 71.2 cm³/mol. The number of hydrazine groups is 1. The molecule has 17 heavy (non-hydrogen) atoms. The molecule has 0 radical (unpaired) electrons. The van der Waals surface area contributed by atoms with E-state index < -0.39 is 0 Å². The number of hydrogen-bond acceptors (Lipinski definition) is 2. The van der Waals surface area contributed by atoms with Gasteiger partial charge in [0.15, 0.2) is 0 Å². The summed E-state index contributed by atoms with van der Waals surface area (Å²) in [5.41, 5.74) is 3.16. The van der Waals surface area contributed by atoms with Gasteiger partial charge in [-0.15, -0.1) is 0 Å². The Morgan fingerprint density at radius 1 is 1.06 bits per heavy atom. The maximum absolute atomic E-state index is 5.84. The van der Waals surface area contributed by atoms with E-state index in [0.717, 1.165) is 29.6 Å². The van der Waals surface area contributed by atoms with Crippen molar-refractivity contribution >= 4 is 0 Å². The van der Waals surface area contributed by atoms with Gasteiger partial charge in [-0.2, -0.15) is 0 Å². The Hall–Kier alpha value is -0.0800. The van der Waals surface area contributed by atoms with Crippen molar-refractivity contribution in [2.24, 2.45) is 35.4 Å². The van der Waals surface area contributed by atoms with Crippen molar-refractivity contribution in [3.05, 3.63) is 0 Å². The highest BCUT2D eigenvalue weighted by atomic mass is 15.2. The predicted octanol–water partition coefficient (Wildman–Crippen LogP) is 3.08. The molecule has 0 spiro atoms. The highest BCUT2D eigenvalue weighted by Gasteiger charge is 2.50. The molecule has 4 aliphatic rings. The first-order valence-corrected chi connectivity index (χ1v) is 7.78. The number of rotatable bonds is 5. The van der Waals surface area contributed by atoms with Crippen LogP contribution in [0.25, 0.3) is 0 Å². The van der Waals surface area contributed by atoms with Gasteiger partial charge in [0, 0.05) is 6.04 Å². The SMILES string of the molecule is CCCCC(NN)C1C2CC3CC(C2)CC1C3. The number of nitrogens with one attached hydrogen (secondary N) is 1. The van der Waals surface area contributed by atoms with Crippen molar-refractivity contribution < 1.29 is 0 Å². The Labute approximate surface area is 106 Å². The van der Waals surface area contributed by atoms with E-state index in [2.05, 4.69) is 12.3 Å². The van der Waals surface area contributed by atoms with Crippen LogP contribution in [0.5, 0.6) is 0 Å². The van der Waals surface area contributed by atoms with Gasteiger partial charge in [0.25, 0.3) is 0 Å². The van der Waals surface area contributed by atoms with Crippen LogP contribution in [-0.2, 0) is 0 Å². The lowest BCUT2D eigenvalue weighted by atomic mass is 9.50. The van der Waals surface area contributed by atoms with E-state index >= 15 is 0 Å². The van der Waals surface area contributed by atoms with Crippen LogP contribution in [-0.4, -0.2) is 6.04 Å². The molecule has 4 aliphatic carbocycles. The molecule has 4 rings (SSSR count). The summed E-state index contributed by atoms with van der Waals surface area (Å²) in [5, 5.41) is 0. The Morgan fingerprint density at radius 3 is 2.12 bits per heavy atom. The minimum atomic E-state index is 0.602. The maximum Gasteiger partial charge on any atom is 0.0244 e. The summed E-state index contributed by atoms with van der Waals surface area (Å²) in [6.07, 6.45) is 11.5. The van der Waals surface area contributed by atoms with Crippen molar-refractivity contribution in [3.63, 3.8) is 0 Å². The lowest BCUT2D eigenvalue weighted by Gasteiger charge is -2.56. The summed E-state index contributed by atoms with van der Waals surface area (Å²) in [6, 6.07) is 0.602. The van der Waals surface area contributed by atoms with Crippen LogP contribution in [0.15, 0.2) is 0 Å². The molecule has 3 N–H and O–H groups in total. The first kappa shape index (κ1) is 12.0.